The van der Waals surface area contributed by atoms with Gasteiger partial charge in [-0.05, 0) is 19.1 Å². The molecule has 0 bridgehead atoms. The fourth-order valence-electron chi connectivity index (χ4n) is 1.96. The number of amides is 1. The van der Waals surface area contributed by atoms with Crippen LogP contribution in [0.2, 0.25) is 0 Å². The van der Waals surface area contributed by atoms with E-state index in [0.29, 0.717) is 0 Å². The van der Waals surface area contributed by atoms with E-state index in [1.54, 1.807) is 0 Å². The predicted molar refractivity (Wildman–Crippen MR) is 66.0 cm³/mol. The SMILES string of the molecule is C[C@@H]1CNCCN1C(=O)COc1ccccc1. The van der Waals surface area contributed by atoms with Gasteiger partial charge >= 0.3 is 0 Å². The normalized spacial score (nSPS) is 20.1. The number of para-hydroxylation sites is 1. The van der Waals surface area contributed by atoms with E-state index in [1.807, 2.05) is 42.2 Å². The molecule has 0 radical (unpaired) electrons. The predicted octanol–water partition coefficient (Wildman–Crippen LogP) is 0.886. The molecule has 1 saturated heterocycles. The summed E-state index contributed by atoms with van der Waals surface area (Å²) in [5.41, 5.74) is 0. The molecule has 4 heteroatoms. The number of piperazine rings is 1. The molecule has 17 heavy (non-hydrogen) atoms. The molecule has 4 nitrogen and oxygen atoms in total. The smallest absolute Gasteiger partial charge is 0.260 e. The fraction of sp³-hybridized carbons (Fsp3) is 0.462. The van der Waals surface area contributed by atoms with Gasteiger partial charge in [0.2, 0.25) is 0 Å². The van der Waals surface area contributed by atoms with Crippen LogP contribution >= 0.6 is 0 Å². The first-order chi connectivity index (χ1) is 8.27. The molecule has 1 aromatic carbocycles. The number of hydrogen-bond acceptors (Lipinski definition) is 3. The lowest BCUT2D eigenvalue weighted by molar-refractivity contribution is -0.136. The Morgan fingerprint density at radius 2 is 2.24 bits per heavy atom. The fourth-order valence-corrected chi connectivity index (χ4v) is 1.96. The maximum atomic E-state index is 12.0. The molecule has 1 atom stereocenters. The zero-order valence-corrected chi connectivity index (χ0v) is 10.1. The van der Waals surface area contributed by atoms with Gasteiger partial charge in [0.15, 0.2) is 6.61 Å². The van der Waals surface area contributed by atoms with Crippen LogP contribution in [0, 0.1) is 0 Å². The third-order valence-electron chi connectivity index (χ3n) is 2.93. The van der Waals surface area contributed by atoms with Gasteiger partial charge in [-0.25, -0.2) is 0 Å². The first-order valence-electron chi connectivity index (χ1n) is 5.95. The van der Waals surface area contributed by atoms with Crippen LogP contribution in [0.3, 0.4) is 0 Å². The molecule has 1 aliphatic heterocycles. The number of ether oxygens (including phenoxy) is 1. The lowest BCUT2D eigenvalue weighted by Gasteiger charge is -2.33. The van der Waals surface area contributed by atoms with Gasteiger partial charge in [0.1, 0.15) is 5.75 Å². The molecule has 1 heterocycles. The lowest BCUT2D eigenvalue weighted by atomic mass is 10.2. The van der Waals surface area contributed by atoms with Crippen molar-refractivity contribution in [2.45, 2.75) is 13.0 Å². The Kier molecular flexibility index (Phi) is 3.98. The Labute approximate surface area is 102 Å². The number of hydrogen-bond donors (Lipinski definition) is 1. The number of carbonyl (C=O) groups excluding carboxylic acids is 1. The van der Waals surface area contributed by atoms with E-state index < -0.39 is 0 Å². The maximum absolute atomic E-state index is 12.0. The summed E-state index contributed by atoms with van der Waals surface area (Å²) in [5, 5.41) is 3.26. The van der Waals surface area contributed by atoms with Gasteiger partial charge in [-0.1, -0.05) is 18.2 Å². The molecule has 92 valence electrons. The Hall–Kier alpha value is -1.55. The van der Waals surface area contributed by atoms with Gasteiger partial charge in [0.25, 0.3) is 5.91 Å². The average Bonchev–Trinajstić information content (AvgIpc) is 2.38. The van der Waals surface area contributed by atoms with Crippen molar-refractivity contribution in [3.8, 4) is 5.75 Å². The van der Waals surface area contributed by atoms with Gasteiger partial charge in [0, 0.05) is 25.7 Å². The zero-order valence-electron chi connectivity index (χ0n) is 10.1. The summed E-state index contributed by atoms with van der Waals surface area (Å²) in [4.78, 5) is 13.8. The van der Waals surface area contributed by atoms with Gasteiger partial charge in [-0.2, -0.15) is 0 Å². The Bertz CT molecular complexity index is 367. The molecule has 0 aliphatic carbocycles. The quantitative estimate of drug-likeness (QED) is 0.844. The second-order valence-corrected chi connectivity index (χ2v) is 4.24. The summed E-state index contributed by atoms with van der Waals surface area (Å²) in [6, 6.07) is 9.67. The number of rotatable bonds is 3. The Morgan fingerprint density at radius 1 is 1.47 bits per heavy atom. The molecule has 0 saturated carbocycles. The second-order valence-electron chi connectivity index (χ2n) is 4.24. The molecule has 1 aliphatic rings. The van der Waals surface area contributed by atoms with Crippen molar-refractivity contribution in [3.05, 3.63) is 30.3 Å². The van der Waals surface area contributed by atoms with E-state index in [-0.39, 0.29) is 18.6 Å². The van der Waals surface area contributed by atoms with Gasteiger partial charge in [-0.15, -0.1) is 0 Å². The molecule has 0 unspecified atom stereocenters. The van der Waals surface area contributed by atoms with Crippen molar-refractivity contribution >= 4 is 5.91 Å². The van der Waals surface area contributed by atoms with Crippen LogP contribution in [-0.2, 0) is 4.79 Å². The molecule has 1 amide bonds. The van der Waals surface area contributed by atoms with Crippen molar-refractivity contribution in [1.29, 1.82) is 0 Å². The monoisotopic (exact) mass is 234 g/mol. The summed E-state index contributed by atoms with van der Waals surface area (Å²) in [5.74, 6) is 0.798. The number of nitrogens with zero attached hydrogens (tertiary/aromatic N) is 1. The summed E-state index contributed by atoms with van der Waals surface area (Å²) < 4.78 is 5.46. The molecular formula is C13H18N2O2. The second kappa shape index (κ2) is 5.68. The molecule has 1 fully saturated rings. The van der Waals surface area contributed by atoms with Crippen LogP contribution in [-0.4, -0.2) is 43.1 Å². The van der Waals surface area contributed by atoms with E-state index in [1.165, 1.54) is 0 Å². The van der Waals surface area contributed by atoms with Crippen LogP contribution in [0.4, 0.5) is 0 Å². The minimum Gasteiger partial charge on any atom is -0.484 e. The molecular weight excluding hydrogens is 216 g/mol. The van der Waals surface area contributed by atoms with Crippen LogP contribution in [0.1, 0.15) is 6.92 Å². The largest absolute Gasteiger partial charge is 0.484 e. The summed E-state index contributed by atoms with van der Waals surface area (Å²) in [7, 11) is 0. The molecule has 0 spiro atoms. The first-order valence-corrected chi connectivity index (χ1v) is 5.95. The maximum Gasteiger partial charge on any atom is 0.260 e. The highest BCUT2D eigenvalue weighted by atomic mass is 16.5. The third-order valence-corrected chi connectivity index (χ3v) is 2.93. The summed E-state index contributed by atoms with van der Waals surface area (Å²) in [6.07, 6.45) is 0. The molecule has 1 N–H and O–H groups in total. The topological polar surface area (TPSA) is 41.6 Å². The standard InChI is InChI=1S/C13H18N2O2/c1-11-9-14-7-8-15(11)13(16)10-17-12-5-3-2-4-6-12/h2-6,11,14H,7-10H2,1H3/t11-/m1/s1. The highest BCUT2D eigenvalue weighted by Crippen LogP contribution is 2.09. The van der Waals surface area contributed by atoms with Crippen LogP contribution in [0.15, 0.2) is 30.3 Å². The van der Waals surface area contributed by atoms with Crippen molar-refractivity contribution in [1.82, 2.24) is 10.2 Å². The average molecular weight is 234 g/mol. The number of benzene rings is 1. The van der Waals surface area contributed by atoms with Gasteiger partial charge in [-0.3, -0.25) is 4.79 Å². The molecule has 1 aromatic rings. The van der Waals surface area contributed by atoms with Gasteiger partial charge < -0.3 is 15.0 Å². The van der Waals surface area contributed by atoms with E-state index >= 15 is 0 Å². The summed E-state index contributed by atoms with van der Waals surface area (Å²) >= 11 is 0. The van der Waals surface area contributed by atoms with Gasteiger partial charge in [0.05, 0.1) is 0 Å². The van der Waals surface area contributed by atoms with E-state index in [9.17, 15) is 4.79 Å². The molecule has 2 rings (SSSR count). The van der Waals surface area contributed by atoms with E-state index in [0.717, 1.165) is 25.4 Å². The minimum absolute atomic E-state index is 0.0582. The van der Waals surface area contributed by atoms with Crippen LogP contribution in [0.5, 0.6) is 5.75 Å². The summed E-state index contributed by atoms with van der Waals surface area (Å²) in [6.45, 7) is 4.65. The lowest BCUT2D eigenvalue weighted by Crippen LogP contribution is -2.53. The van der Waals surface area contributed by atoms with Crippen LogP contribution in [0.25, 0.3) is 0 Å². The van der Waals surface area contributed by atoms with Crippen molar-refractivity contribution in [2.24, 2.45) is 0 Å². The minimum atomic E-state index is 0.0582. The van der Waals surface area contributed by atoms with Crippen molar-refractivity contribution in [2.75, 3.05) is 26.2 Å². The van der Waals surface area contributed by atoms with E-state index in [2.05, 4.69) is 5.32 Å². The third kappa shape index (κ3) is 3.20. The van der Waals surface area contributed by atoms with E-state index in [4.69, 9.17) is 4.74 Å². The zero-order chi connectivity index (χ0) is 12.1. The first kappa shape index (κ1) is 11.9. The Morgan fingerprint density at radius 3 is 2.94 bits per heavy atom. The molecule has 0 aromatic heterocycles. The van der Waals surface area contributed by atoms with Crippen molar-refractivity contribution < 1.29 is 9.53 Å². The number of carbonyl (C=O) groups is 1. The highest BCUT2D eigenvalue weighted by Gasteiger charge is 2.22. The number of nitrogens with one attached hydrogen (secondary N) is 1. The van der Waals surface area contributed by atoms with Crippen molar-refractivity contribution in [3.63, 3.8) is 0 Å². The Balaban J connectivity index is 1.84. The van der Waals surface area contributed by atoms with Crippen LogP contribution < -0.4 is 10.1 Å². The highest BCUT2D eigenvalue weighted by molar-refractivity contribution is 5.78.